The number of hydrogen-bond acceptors (Lipinski definition) is 5. The van der Waals surface area contributed by atoms with Crippen LogP contribution in [0.2, 0.25) is 0 Å². The fourth-order valence-electron chi connectivity index (χ4n) is 5.40. The molecule has 4 rings (SSSR count). The van der Waals surface area contributed by atoms with Crippen LogP contribution in [-0.2, 0) is 26.3 Å². The number of aromatic nitrogens is 1. The number of amides is 4. The van der Waals surface area contributed by atoms with Crippen molar-refractivity contribution >= 4 is 23.6 Å². The van der Waals surface area contributed by atoms with E-state index in [-0.39, 0.29) is 37.2 Å². The van der Waals surface area contributed by atoms with Crippen LogP contribution in [0.3, 0.4) is 0 Å². The highest BCUT2D eigenvalue weighted by atomic mass is 19.1. The van der Waals surface area contributed by atoms with E-state index >= 15 is 0 Å². The molecule has 2 N–H and O–H groups in total. The molecule has 0 bridgehead atoms. The molecule has 2 aliphatic rings. The van der Waals surface area contributed by atoms with E-state index < -0.39 is 29.1 Å². The zero-order chi connectivity index (χ0) is 28.7. The summed E-state index contributed by atoms with van der Waals surface area (Å²) in [6.45, 7) is 4.28. The molecule has 2 heterocycles. The van der Waals surface area contributed by atoms with Gasteiger partial charge in [-0.25, -0.2) is 9.37 Å². The van der Waals surface area contributed by atoms with Crippen molar-refractivity contribution in [3.05, 3.63) is 65.2 Å². The van der Waals surface area contributed by atoms with E-state index in [0.717, 1.165) is 30.0 Å². The molecule has 1 fully saturated rings. The number of halogens is 1. The molecule has 1 aromatic carbocycles. The lowest BCUT2D eigenvalue weighted by Crippen LogP contribution is -2.60. The Balaban J connectivity index is 1.63. The SMILES string of the molecule is CC(C)CCN1CC(=O)NC2(CCCc3ccccc32)C(=O)NCCCCN(C(=O)c2ncccc2F)CC1=O. The number of fused-ring (bicyclic) bond motifs is 2. The van der Waals surface area contributed by atoms with Crippen molar-refractivity contribution < 1.29 is 23.6 Å². The first-order valence-electron chi connectivity index (χ1n) is 14.1. The Labute approximate surface area is 234 Å². The Hall–Kier alpha value is -3.82. The minimum absolute atomic E-state index is 0.175. The van der Waals surface area contributed by atoms with E-state index in [9.17, 15) is 23.6 Å². The number of pyridine rings is 1. The number of carbonyl (C=O) groups excluding carboxylic acids is 4. The molecule has 1 aliphatic carbocycles. The van der Waals surface area contributed by atoms with Crippen LogP contribution in [0, 0.1) is 11.7 Å². The minimum Gasteiger partial charge on any atom is -0.354 e. The van der Waals surface area contributed by atoms with Gasteiger partial charge in [0.2, 0.25) is 17.7 Å². The first kappa shape index (κ1) is 29.2. The molecule has 0 saturated carbocycles. The van der Waals surface area contributed by atoms with E-state index in [1.54, 1.807) is 0 Å². The third-order valence-electron chi connectivity index (χ3n) is 7.59. The number of carbonyl (C=O) groups is 4. The van der Waals surface area contributed by atoms with Gasteiger partial charge in [0.25, 0.3) is 5.91 Å². The summed E-state index contributed by atoms with van der Waals surface area (Å²) in [5, 5.41) is 6.01. The predicted octanol–water partition coefficient (Wildman–Crippen LogP) is 2.80. The maximum Gasteiger partial charge on any atom is 0.275 e. The minimum atomic E-state index is -1.22. The summed E-state index contributed by atoms with van der Waals surface area (Å²) in [6, 6.07) is 10.2. The van der Waals surface area contributed by atoms with Crippen molar-refractivity contribution in [3.63, 3.8) is 0 Å². The first-order chi connectivity index (χ1) is 19.2. The van der Waals surface area contributed by atoms with Gasteiger partial charge in [0, 0.05) is 25.8 Å². The summed E-state index contributed by atoms with van der Waals surface area (Å²) in [7, 11) is 0. The molecule has 10 heteroatoms. The van der Waals surface area contributed by atoms with E-state index in [1.807, 2.05) is 38.1 Å². The van der Waals surface area contributed by atoms with Crippen LogP contribution in [-0.4, -0.2) is 71.1 Å². The number of hydrogen-bond donors (Lipinski definition) is 2. The Kier molecular flexibility index (Phi) is 9.50. The molecular weight excluding hydrogens is 513 g/mol. The second-order valence-corrected chi connectivity index (χ2v) is 11.0. The van der Waals surface area contributed by atoms with Crippen molar-refractivity contribution in [2.45, 2.75) is 57.9 Å². The van der Waals surface area contributed by atoms with Crippen molar-refractivity contribution in [1.29, 1.82) is 0 Å². The Bertz CT molecular complexity index is 1250. The fraction of sp³-hybridized carbons (Fsp3) is 0.500. The molecular formula is C30H38FN5O4. The zero-order valence-corrected chi connectivity index (χ0v) is 23.2. The first-order valence-corrected chi connectivity index (χ1v) is 14.1. The highest BCUT2D eigenvalue weighted by Crippen LogP contribution is 2.36. The third kappa shape index (κ3) is 6.66. The highest BCUT2D eigenvalue weighted by molar-refractivity contribution is 5.97. The lowest BCUT2D eigenvalue weighted by Gasteiger charge is -2.39. The monoisotopic (exact) mass is 551 g/mol. The highest BCUT2D eigenvalue weighted by Gasteiger charge is 2.44. The van der Waals surface area contributed by atoms with Gasteiger partial charge < -0.3 is 20.4 Å². The van der Waals surface area contributed by atoms with E-state index in [4.69, 9.17) is 0 Å². The average Bonchev–Trinajstić information content (AvgIpc) is 2.93. The van der Waals surface area contributed by atoms with Crippen molar-refractivity contribution in [2.75, 3.05) is 32.7 Å². The Morgan fingerprint density at radius 1 is 1.07 bits per heavy atom. The average molecular weight is 552 g/mol. The molecule has 214 valence electrons. The van der Waals surface area contributed by atoms with Crippen molar-refractivity contribution in [3.8, 4) is 0 Å². The van der Waals surface area contributed by atoms with Crippen molar-refractivity contribution in [1.82, 2.24) is 25.4 Å². The molecule has 1 unspecified atom stereocenters. The quantitative estimate of drug-likeness (QED) is 0.607. The van der Waals surface area contributed by atoms with E-state index in [1.165, 1.54) is 22.1 Å². The van der Waals surface area contributed by atoms with Gasteiger partial charge in [-0.1, -0.05) is 38.1 Å². The van der Waals surface area contributed by atoms with Crippen LogP contribution in [0.25, 0.3) is 0 Å². The van der Waals surface area contributed by atoms with Crippen LogP contribution in [0.5, 0.6) is 0 Å². The predicted molar refractivity (Wildman–Crippen MR) is 148 cm³/mol. The van der Waals surface area contributed by atoms with Crippen LogP contribution in [0.15, 0.2) is 42.6 Å². The Morgan fingerprint density at radius 2 is 1.88 bits per heavy atom. The number of nitrogens with one attached hydrogen (secondary N) is 2. The molecule has 1 aromatic heterocycles. The third-order valence-corrected chi connectivity index (χ3v) is 7.59. The normalized spacial score (nSPS) is 21.1. The van der Waals surface area contributed by atoms with Gasteiger partial charge in [-0.2, -0.15) is 0 Å². The number of rotatable bonds is 4. The van der Waals surface area contributed by atoms with E-state index in [0.29, 0.717) is 38.8 Å². The van der Waals surface area contributed by atoms with Gasteiger partial charge in [0.05, 0.1) is 6.54 Å². The summed E-state index contributed by atoms with van der Waals surface area (Å²) in [4.78, 5) is 60.6. The number of benzene rings is 1. The van der Waals surface area contributed by atoms with Gasteiger partial charge in [-0.15, -0.1) is 0 Å². The second kappa shape index (κ2) is 13.0. The van der Waals surface area contributed by atoms with Gasteiger partial charge >= 0.3 is 0 Å². The Morgan fingerprint density at radius 3 is 2.65 bits per heavy atom. The largest absolute Gasteiger partial charge is 0.354 e. The molecule has 9 nitrogen and oxygen atoms in total. The number of nitrogens with zero attached hydrogens (tertiary/aromatic N) is 3. The summed E-state index contributed by atoms with van der Waals surface area (Å²) >= 11 is 0. The summed E-state index contributed by atoms with van der Waals surface area (Å²) in [6.07, 6.45) is 5.00. The lowest BCUT2D eigenvalue weighted by molar-refractivity contribution is -0.139. The van der Waals surface area contributed by atoms with Gasteiger partial charge in [-0.05, 0) is 67.7 Å². The van der Waals surface area contributed by atoms with Gasteiger partial charge in [0.1, 0.15) is 12.1 Å². The molecule has 1 aliphatic heterocycles. The van der Waals surface area contributed by atoms with Crippen LogP contribution in [0.1, 0.15) is 67.6 Å². The molecule has 1 spiro atoms. The van der Waals surface area contributed by atoms with Crippen LogP contribution < -0.4 is 10.6 Å². The molecule has 4 amide bonds. The van der Waals surface area contributed by atoms with Crippen LogP contribution >= 0.6 is 0 Å². The summed E-state index contributed by atoms with van der Waals surface area (Å²) in [5.74, 6) is -2.33. The van der Waals surface area contributed by atoms with Crippen molar-refractivity contribution in [2.24, 2.45) is 5.92 Å². The maximum atomic E-state index is 14.4. The lowest BCUT2D eigenvalue weighted by atomic mass is 9.75. The molecule has 1 saturated heterocycles. The summed E-state index contributed by atoms with van der Waals surface area (Å²) in [5.41, 5.74) is 0.234. The van der Waals surface area contributed by atoms with Gasteiger partial charge in [0.15, 0.2) is 11.5 Å². The standard InChI is InChI=1S/C30H38FN5O4/c1-21(2)13-18-35-19-25(37)34-30(14-7-10-22-9-3-4-11-23(22)30)29(40)33-15-5-6-17-36(20-26(35)38)28(39)27-24(31)12-8-16-32-27/h3-4,8-9,11-12,16,21H,5-7,10,13-15,17-20H2,1-2H3,(H,33,40)(H,34,37). The van der Waals surface area contributed by atoms with Gasteiger partial charge in [-0.3, -0.25) is 19.2 Å². The molecule has 1 atom stereocenters. The summed E-state index contributed by atoms with van der Waals surface area (Å²) < 4.78 is 14.4. The molecule has 2 aromatic rings. The number of aryl methyl sites for hydroxylation is 1. The zero-order valence-electron chi connectivity index (χ0n) is 23.2. The van der Waals surface area contributed by atoms with Crippen LogP contribution in [0.4, 0.5) is 4.39 Å². The smallest absolute Gasteiger partial charge is 0.275 e. The maximum absolute atomic E-state index is 14.4. The molecule has 0 radical (unpaired) electrons. The molecule has 40 heavy (non-hydrogen) atoms. The fourth-order valence-corrected chi connectivity index (χ4v) is 5.40. The topological polar surface area (TPSA) is 112 Å². The van der Waals surface area contributed by atoms with E-state index in [2.05, 4.69) is 15.6 Å². The second-order valence-electron chi connectivity index (χ2n) is 11.0.